The van der Waals surface area contributed by atoms with Crippen LogP contribution in [-0.2, 0) is 0 Å². The predicted octanol–water partition coefficient (Wildman–Crippen LogP) is 4.04. The quantitative estimate of drug-likeness (QED) is 0.598. The van der Waals surface area contributed by atoms with Crippen LogP contribution in [0.4, 0.5) is 10.8 Å². The van der Waals surface area contributed by atoms with E-state index in [1.165, 1.54) is 42.7 Å². The molecular formula is C22H29N7S. The molecule has 158 valence electrons. The molecule has 7 nitrogen and oxygen atoms in total. The molecule has 30 heavy (non-hydrogen) atoms. The lowest BCUT2D eigenvalue weighted by Gasteiger charge is -2.28. The average molecular weight is 424 g/mol. The summed E-state index contributed by atoms with van der Waals surface area (Å²) in [6.45, 7) is 3.19. The minimum atomic E-state index is 0.506. The maximum Gasteiger partial charge on any atom is 0.145 e. The molecule has 1 aliphatic carbocycles. The lowest BCUT2D eigenvalue weighted by molar-refractivity contribution is 0.481. The first-order valence-corrected chi connectivity index (χ1v) is 11.7. The zero-order valence-electron chi connectivity index (χ0n) is 17.4. The summed E-state index contributed by atoms with van der Waals surface area (Å²) in [7, 11) is 1.91. The molecule has 2 N–H and O–H groups in total. The Balaban J connectivity index is 1.30. The average Bonchev–Trinajstić information content (AvgIpc) is 3.54. The number of rotatable bonds is 7. The number of thiazole rings is 1. The Morgan fingerprint density at radius 1 is 1.33 bits per heavy atom. The molecule has 0 saturated heterocycles. The first kappa shape index (κ1) is 19.4. The van der Waals surface area contributed by atoms with Gasteiger partial charge in [0.05, 0.1) is 17.1 Å². The maximum absolute atomic E-state index is 4.58. The summed E-state index contributed by atoms with van der Waals surface area (Å²) in [5.41, 5.74) is 4.48. The Kier molecular flexibility index (Phi) is 5.57. The van der Waals surface area contributed by atoms with Crippen molar-refractivity contribution in [3.8, 4) is 0 Å². The monoisotopic (exact) mass is 423 g/mol. The van der Waals surface area contributed by atoms with Crippen molar-refractivity contribution in [1.82, 2.24) is 24.8 Å². The van der Waals surface area contributed by atoms with E-state index in [4.69, 9.17) is 0 Å². The zero-order chi connectivity index (χ0) is 20.3. The van der Waals surface area contributed by atoms with Crippen molar-refractivity contribution < 1.29 is 0 Å². The molecule has 3 aromatic rings. The van der Waals surface area contributed by atoms with Gasteiger partial charge in [-0.25, -0.2) is 9.97 Å². The van der Waals surface area contributed by atoms with E-state index < -0.39 is 0 Å². The fourth-order valence-electron chi connectivity index (χ4n) is 4.92. The van der Waals surface area contributed by atoms with Crippen LogP contribution in [-0.4, -0.2) is 46.2 Å². The lowest BCUT2D eigenvalue weighted by Crippen LogP contribution is -2.31. The van der Waals surface area contributed by atoms with Gasteiger partial charge in [0.15, 0.2) is 0 Å². The number of nitrogens with one attached hydrogen (secondary N) is 2. The highest BCUT2D eigenvalue weighted by Gasteiger charge is 2.29. The molecule has 0 aromatic carbocycles. The van der Waals surface area contributed by atoms with Gasteiger partial charge in [-0.3, -0.25) is 4.98 Å². The third-order valence-electron chi connectivity index (χ3n) is 6.38. The molecule has 2 atom stereocenters. The molecule has 3 aromatic heterocycles. The molecule has 2 aliphatic rings. The Morgan fingerprint density at radius 2 is 2.30 bits per heavy atom. The molecular weight excluding hydrogens is 394 g/mol. The minimum Gasteiger partial charge on any atom is -0.391 e. The van der Waals surface area contributed by atoms with Gasteiger partial charge in [-0.05, 0) is 55.9 Å². The van der Waals surface area contributed by atoms with E-state index in [1.807, 2.05) is 18.8 Å². The molecule has 1 fully saturated rings. The topological polar surface area (TPSA) is 70.9 Å². The highest BCUT2D eigenvalue weighted by Crippen LogP contribution is 2.38. The van der Waals surface area contributed by atoms with Gasteiger partial charge in [-0.1, -0.05) is 0 Å². The molecule has 8 heteroatoms. The Labute approximate surface area is 181 Å². The van der Waals surface area contributed by atoms with E-state index in [0.717, 1.165) is 36.5 Å². The molecule has 2 unspecified atom stereocenters. The fraction of sp³-hybridized carbons (Fsp3) is 0.500. The number of hydrogen-bond acceptors (Lipinski definition) is 7. The molecule has 4 heterocycles. The molecule has 0 amide bonds. The second kappa shape index (κ2) is 8.63. The van der Waals surface area contributed by atoms with E-state index in [-0.39, 0.29) is 0 Å². The van der Waals surface area contributed by atoms with Crippen LogP contribution in [0.2, 0.25) is 0 Å². The lowest BCUT2D eigenvalue weighted by atomic mass is 10.0. The number of hydrogen-bond donors (Lipinski definition) is 2. The van der Waals surface area contributed by atoms with E-state index in [9.17, 15) is 0 Å². The van der Waals surface area contributed by atoms with Crippen molar-refractivity contribution >= 4 is 33.2 Å². The predicted molar refractivity (Wildman–Crippen MR) is 123 cm³/mol. The fourth-order valence-corrected chi connectivity index (χ4v) is 5.56. The van der Waals surface area contributed by atoms with Crippen LogP contribution in [0.3, 0.4) is 0 Å². The van der Waals surface area contributed by atoms with Crippen LogP contribution in [0, 0.1) is 5.92 Å². The number of anilines is 2. The van der Waals surface area contributed by atoms with Crippen molar-refractivity contribution in [3.05, 3.63) is 42.1 Å². The van der Waals surface area contributed by atoms with E-state index in [2.05, 4.69) is 53.5 Å². The summed E-state index contributed by atoms with van der Waals surface area (Å²) in [5, 5.41) is 8.97. The van der Waals surface area contributed by atoms with Crippen molar-refractivity contribution in [3.63, 3.8) is 0 Å². The summed E-state index contributed by atoms with van der Waals surface area (Å²) in [5.74, 6) is 1.58. The summed E-state index contributed by atoms with van der Waals surface area (Å²) < 4.78 is 2.36. The third-order valence-corrected chi connectivity index (χ3v) is 7.21. The second-order valence-corrected chi connectivity index (χ2v) is 9.21. The zero-order valence-corrected chi connectivity index (χ0v) is 18.2. The molecule has 1 aliphatic heterocycles. The van der Waals surface area contributed by atoms with E-state index >= 15 is 0 Å². The highest BCUT2D eigenvalue weighted by atomic mass is 32.1. The third kappa shape index (κ3) is 3.88. The van der Waals surface area contributed by atoms with Gasteiger partial charge >= 0.3 is 0 Å². The molecule has 0 spiro atoms. The van der Waals surface area contributed by atoms with Crippen molar-refractivity contribution in [2.24, 2.45) is 5.92 Å². The summed E-state index contributed by atoms with van der Waals surface area (Å²) in [6.07, 6.45) is 14.2. The van der Waals surface area contributed by atoms with Gasteiger partial charge in [0.1, 0.15) is 22.8 Å². The first-order chi connectivity index (χ1) is 14.8. The van der Waals surface area contributed by atoms with Crippen LogP contribution in [0.5, 0.6) is 0 Å². The smallest absolute Gasteiger partial charge is 0.145 e. The minimum absolute atomic E-state index is 0.506. The largest absolute Gasteiger partial charge is 0.391 e. The van der Waals surface area contributed by atoms with E-state index in [1.54, 1.807) is 17.7 Å². The maximum atomic E-state index is 4.58. The molecule has 0 radical (unpaired) electrons. The second-order valence-electron chi connectivity index (χ2n) is 8.35. The number of nitrogens with zero attached hydrogens (tertiary/aromatic N) is 5. The SMILES string of the molecule is CNc1ncnc2c1ccn2C1CCC(CN(CC2=CNCCC2)c2cncs2)C1. The van der Waals surface area contributed by atoms with Gasteiger partial charge in [-0.2, -0.15) is 0 Å². The van der Waals surface area contributed by atoms with Gasteiger partial charge in [0.2, 0.25) is 0 Å². The summed E-state index contributed by atoms with van der Waals surface area (Å²) in [6, 6.07) is 2.65. The van der Waals surface area contributed by atoms with Crippen LogP contribution in [0.15, 0.2) is 42.1 Å². The van der Waals surface area contributed by atoms with Gasteiger partial charge in [0.25, 0.3) is 0 Å². The van der Waals surface area contributed by atoms with Crippen LogP contribution in [0.25, 0.3) is 11.0 Å². The van der Waals surface area contributed by atoms with Crippen molar-refractivity contribution in [2.75, 3.05) is 36.9 Å². The summed E-state index contributed by atoms with van der Waals surface area (Å²) in [4.78, 5) is 15.8. The van der Waals surface area contributed by atoms with Crippen molar-refractivity contribution in [1.29, 1.82) is 0 Å². The van der Waals surface area contributed by atoms with Gasteiger partial charge < -0.3 is 20.1 Å². The van der Waals surface area contributed by atoms with Crippen LogP contribution < -0.4 is 15.5 Å². The van der Waals surface area contributed by atoms with E-state index in [0.29, 0.717) is 12.0 Å². The van der Waals surface area contributed by atoms with Crippen LogP contribution >= 0.6 is 11.3 Å². The molecule has 0 bridgehead atoms. The van der Waals surface area contributed by atoms with Crippen LogP contribution in [0.1, 0.15) is 38.1 Å². The van der Waals surface area contributed by atoms with Crippen molar-refractivity contribution in [2.45, 2.75) is 38.1 Å². The molecule has 1 saturated carbocycles. The van der Waals surface area contributed by atoms with Gasteiger partial charge in [-0.15, -0.1) is 11.3 Å². The Hall–Kier alpha value is -2.61. The van der Waals surface area contributed by atoms with Gasteiger partial charge in [0, 0.05) is 38.9 Å². The Morgan fingerprint density at radius 3 is 3.10 bits per heavy atom. The standard InChI is InChI=1S/C22H29N7S/c1-23-21-19-6-8-29(22(19)27-14-26-21)18-5-4-16(9-18)12-28(20-11-25-15-30-20)13-17-3-2-7-24-10-17/h6,8,10-11,14-16,18,24H,2-5,7,9,12-13H2,1H3,(H,23,26,27). The Bertz CT molecular complexity index is 1010. The number of aromatic nitrogens is 4. The normalized spacial score (nSPS) is 21.4. The molecule has 5 rings (SSSR count). The summed E-state index contributed by atoms with van der Waals surface area (Å²) >= 11 is 1.75. The highest BCUT2D eigenvalue weighted by molar-refractivity contribution is 7.13. The number of fused-ring (bicyclic) bond motifs is 1. The first-order valence-electron chi connectivity index (χ1n) is 10.9.